The van der Waals surface area contributed by atoms with Crippen molar-refractivity contribution in [2.24, 2.45) is 0 Å². The van der Waals surface area contributed by atoms with Gasteiger partial charge in [-0.2, -0.15) is 0 Å². The number of carboxylic acids is 1. The summed E-state index contributed by atoms with van der Waals surface area (Å²) in [5, 5.41) is 9.42. The molecule has 0 amide bonds. The largest absolute Gasteiger partial charge is 0.480 e. The zero-order valence-electron chi connectivity index (χ0n) is 11.0. The molecule has 0 bridgehead atoms. The van der Waals surface area contributed by atoms with E-state index in [-0.39, 0.29) is 12.3 Å². The SMILES string of the molecule is COC(=O)c1ccc2c(c1)c(C(C)=O)cn2CC(=O)O. The molecular formula is C14H13NO5. The number of nitrogens with zero attached hydrogens (tertiary/aromatic N) is 1. The first kappa shape index (κ1) is 13.8. The lowest BCUT2D eigenvalue weighted by atomic mass is 10.1. The number of ether oxygens (including phenoxy) is 1. The molecule has 0 aliphatic carbocycles. The summed E-state index contributed by atoms with van der Waals surface area (Å²) in [6.07, 6.45) is 1.49. The van der Waals surface area contributed by atoms with E-state index in [2.05, 4.69) is 4.74 Å². The predicted molar refractivity (Wildman–Crippen MR) is 70.9 cm³/mol. The molecule has 1 aromatic carbocycles. The van der Waals surface area contributed by atoms with Gasteiger partial charge in [0.05, 0.1) is 12.7 Å². The quantitative estimate of drug-likeness (QED) is 0.678. The first-order chi connectivity index (χ1) is 9.43. The van der Waals surface area contributed by atoms with E-state index in [1.807, 2.05) is 0 Å². The van der Waals surface area contributed by atoms with E-state index in [0.29, 0.717) is 22.0 Å². The molecule has 0 aliphatic heterocycles. The van der Waals surface area contributed by atoms with Crippen LogP contribution in [0, 0.1) is 0 Å². The second kappa shape index (κ2) is 5.16. The number of aliphatic carboxylic acids is 1. The maximum atomic E-state index is 11.6. The van der Waals surface area contributed by atoms with E-state index in [1.165, 1.54) is 36.9 Å². The van der Waals surface area contributed by atoms with Crippen LogP contribution >= 0.6 is 0 Å². The molecule has 104 valence electrons. The molecule has 0 fully saturated rings. The number of aromatic nitrogens is 1. The van der Waals surface area contributed by atoms with Crippen LogP contribution in [-0.2, 0) is 16.1 Å². The van der Waals surface area contributed by atoms with Crippen LogP contribution in [0.2, 0.25) is 0 Å². The number of rotatable bonds is 4. The van der Waals surface area contributed by atoms with Gasteiger partial charge >= 0.3 is 11.9 Å². The first-order valence-corrected chi connectivity index (χ1v) is 5.88. The van der Waals surface area contributed by atoms with Crippen LogP contribution < -0.4 is 0 Å². The van der Waals surface area contributed by atoms with E-state index < -0.39 is 11.9 Å². The second-order valence-electron chi connectivity index (χ2n) is 4.34. The lowest BCUT2D eigenvalue weighted by Crippen LogP contribution is -2.07. The molecule has 6 nitrogen and oxygen atoms in total. The summed E-state index contributed by atoms with van der Waals surface area (Å²) in [7, 11) is 1.27. The number of benzene rings is 1. The number of Topliss-reactive ketones (excluding diaryl/α,β-unsaturated/α-hetero) is 1. The van der Waals surface area contributed by atoms with Gasteiger partial charge in [-0.25, -0.2) is 4.79 Å². The van der Waals surface area contributed by atoms with Crippen molar-refractivity contribution in [2.75, 3.05) is 7.11 Å². The fourth-order valence-corrected chi connectivity index (χ4v) is 2.10. The monoisotopic (exact) mass is 275 g/mol. The number of ketones is 1. The van der Waals surface area contributed by atoms with Crippen LogP contribution in [0.1, 0.15) is 27.6 Å². The van der Waals surface area contributed by atoms with Crippen molar-refractivity contribution >= 4 is 28.6 Å². The molecule has 20 heavy (non-hydrogen) atoms. The van der Waals surface area contributed by atoms with Gasteiger partial charge in [0.2, 0.25) is 0 Å². The van der Waals surface area contributed by atoms with Gasteiger partial charge in [-0.05, 0) is 25.1 Å². The number of methoxy groups -OCH3 is 1. The van der Waals surface area contributed by atoms with Gasteiger partial charge in [-0.15, -0.1) is 0 Å². The minimum absolute atomic E-state index is 0.193. The predicted octanol–water partition coefficient (Wildman–Crippen LogP) is 1.72. The zero-order chi connectivity index (χ0) is 14.9. The van der Waals surface area contributed by atoms with Crippen LogP contribution in [0.4, 0.5) is 0 Å². The molecule has 2 aromatic rings. The van der Waals surface area contributed by atoms with E-state index >= 15 is 0 Å². The third kappa shape index (κ3) is 2.40. The topological polar surface area (TPSA) is 85.6 Å². The average Bonchev–Trinajstić information content (AvgIpc) is 2.75. The summed E-state index contributed by atoms with van der Waals surface area (Å²) in [6, 6.07) is 4.68. The normalized spacial score (nSPS) is 10.5. The Bertz CT molecular complexity index is 714. The van der Waals surface area contributed by atoms with Crippen LogP contribution in [0.5, 0.6) is 0 Å². The highest BCUT2D eigenvalue weighted by Crippen LogP contribution is 2.24. The standard InChI is InChI=1S/C14H13NO5/c1-8(16)11-6-15(7-13(17)18)12-4-3-9(5-10(11)12)14(19)20-2/h3-6H,7H2,1-2H3,(H,17,18). The number of esters is 1. The Kier molecular flexibility index (Phi) is 3.56. The van der Waals surface area contributed by atoms with Crippen molar-refractivity contribution in [1.29, 1.82) is 0 Å². The van der Waals surface area contributed by atoms with Gasteiger partial charge in [0.15, 0.2) is 5.78 Å². The molecule has 0 aliphatic rings. The Morgan fingerprint density at radius 3 is 2.55 bits per heavy atom. The Balaban J connectivity index is 2.66. The van der Waals surface area contributed by atoms with E-state index in [0.717, 1.165) is 0 Å². The van der Waals surface area contributed by atoms with Crippen molar-refractivity contribution in [3.8, 4) is 0 Å². The number of carbonyl (C=O) groups excluding carboxylic acids is 2. The maximum absolute atomic E-state index is 11.6. The lowest BCUT2D eigenvalue weighted by Gasteiger charge is -2.03. The minimum Gasteiger partial charge on any atom is -0.480 e. The molecular weight excluding hydrogens is 262 g/mol. The highest BCUT2D eigenvalue weighted by Gasteiger charge is 2.16. The van der Waals surface area contributed by atoms with E-state index in [9.17, 15) is 14.4 Å². The minimum atomic E-state index is -1.01. The van der Waals surface area contributed by atoms with E-state index in [4.69, 9.17) is 5.11 Å². The molecule has 1 heterocycles. The van der Waals surface area contributed by atoms with Crippen molar-refractivity contribution in [3.05, 3.63) is 35.5 Å². The maximum Gasteiger partial charge on any atom is 0.337 e. The fourth-order valence-electron chi connectivity index (χ4n) is 2.10. The van der Waals surface area contributed by atoms with Crippen molar-refractivity contribution in [1.82, 2.24) is 4.57 Å². The lowest BCUT2D eigenvalue weighted by molar-refractivity contribution is -0.137. The Labute approximate surface area is 114 Å². The first-order valence-electron chi connectivity index (χ1n) is 5.88. The second-order valence-corrected chi connectivity index (χ2v) is 4.34. The van der Waals surface area contributed by atoms with Crippen molar-refractivity contribution < 1.29 is 24.2 Å². The Morgan fingerprint density at radius 1 is 1.30 bits per heavy atom. The average molecular weight is 275 g/mol. The summed E-state index contributed by atoms with van der Waals surface area (Å²) in [5.41, 5.74) is 1.29. The summed E-state index contributed by atoms with van der Waals surface area (Å²) in [6.45, 7) is 1.14. The number of hydrogen-bond acceptors (Lipinski definition) is 4. The number of carboxylic acid groups (broad SMARTS) is 1. The van der Waals surface area contributed by atoms with Crippen LogP contribution in [0.3, 0.4) is 0 Å². The summed E-state index contributed by atoms with van der Waals surface area (Å²) < 4.78 is 6.10. The summed E-state index contributed by atoms with van der Waals surface area (Å²) in [5.74, 6) is -1.71. The molecule has 6 heteroatoms. The third-order valence-electron chi connectivity index (χ3n) is 2.99. The molecule has 0 saturated carbocycles. The van der Waals surface area contributed by atoms with Crippen LogP contribution in [0.15, 0.2) is 24.4 Å². The molecule has 0 spiro atoms. The molecule has 0 saturated heterocycles. The van der Waals surface area contributed by atoms with Crippen LogP contribution in [-0.4, -0.2) is 34.5 Å². The highest BCUT2D eigenvalue weighted by molar-refractivity contribution is 6.08. The van der Waals surface area contributed by atoms with Crippen molar-refractivity contribution in [2.45, 2.75) is 13.5 Å². The highest BCUT2D eigenvalue weighted by atomic mass is 16.5. The fraction of sp³-hybridized carbons (Fsp3) is 0.214. The van der Waals surface area contributed by atoms with E-state index in [1.54, 1.807) is 6.07 Å². The third-order valence-corrected chi connectivity index (χ3v) is 2.99. The summed E-state index contributed by atoms with van der Waals surface area (Å²) in [4.78, 5) is 34.0. The van der Waals surface area contributed by atoms with Crippen LogP contribution in [0.25, 0.3) is 10.9 Å². The zero-order valence-corrected chi connectivity index (χ0v) is 11.0. The molecule has 0 atom stereocenters. The van der Waals surface area contributed by atoms with Gasteiger partial charge in [0.1, 0.15) is 6.54 Å². The van der Waals surface area contributed by atoms with Gasteiger partial charge in [-0.1, -0.05) is 0 Å². The van der Waals surface area contributed by atoms with Crippen molar-refractivity contribution in [3.63, 3.8) is 0 Å². The molecule has 1 aromatic heterocycles. The summed E-state index contributed by atoms with van der Waals surface area (Å²) >= 11 is 0. The molecule has 0 radical (unpaired) electrons. The molecule has 0 unspecified atom stereocenters. The Hall–Kier alpha value is -2.63. The number of fused-ring (bicyclic) bond motifs is 1. The molecule has 1 N–H and O–H groups in total. The van der Waals surface area contributed by atoms with Gasteiger partial charge < -0.3 is 14.4 Å². The Morgan fingerprint density at radius 2 is 2.00 bits per heavy atom. The molecule has 2 rings (SSSR count). The number of carbonyl (C=O) groups is 3. The van der Waals surface area contributed by atoms with Gasteiger partial charge in [-0.3, -0.25) is 9.59 Å². The van der Waals surface area contributed by atoms with Gasteiger partial charge in [0, 0.05) is 22.7 Å². The number of hydrogen-bond donors (Lipinski definition) is 1. The smallest absolute Gasteiger partial charge is 0.337 e. The van der Waals surface area contributed by atoms with Gasteiger partial charge in [0.25, 0.3) is 0 Å².